The van der Waals surface area contributed by atoms with E-state index in [1.807, 2.05) is 30.3 Å². The molecule has 0 saturated carbocycles. The number of nitrogens with two attached hydrogens (primary N) is 1. The lowest BCUT2D eigenvalue weighted by Crippen LogP contribution is -2.50. The number of carbonyl (C=O) groups excluding carboxylic acids is 1. The molecule has 3 N–H and O–H groups in total. The summed E-state index contributed by atoms with van der Waals surface area (Å²) in [4.78, 5) is 25.6. The van der Waals surface area contributed by atoms with Crippen LogP contribution in [0.15, 0.2) is 36.4 Å². The molecule has 1 aromatic carbocycles. The Balaban J connectivity index is 1.87. The smallest absolute Gasteiger partial charge is 0.326 e. The summed E-state index contributed by atoms with van der Waals surface area (Å²) in [6.07, 6.45) is 4.53. The fourth-order valence-corrected chi connectivity index (χ4v) is 3.10. The van der Waals surface area contributed by atoms with Crippen molar-refractivity contribution in [1.82, 2.24) is 4.90 Å². The molecule has 1 aliphatic carbocycles. The number of benzene rings is 1. The molecule has 1 amide bonds. The normalized spacial score (nSPS) is 27.5. The van der Waals surface area contributed by atoms with Crippen molar-refractivity contribution < 1.29 is 14.7 Å². The van der Waals surface area contributed by atoms with E-state index in [2.05, 4.69) is 0 Å². The summed E-state index contributed by atoms with van der Waals surface area (Å²) in [6, 6.07) is 6.78. The van der Waals surface area contributed by atoms with E-state index in [9.17, 15) is 14.7 Å². The molecule has 1 heterocycles. The molecule has 0 bridgehead atoms. The minimum absolute atomic E-state index is 0.112. The summed E-state index contributed by atoms with van der Waals surface area (Å²) >= 11 is 0. The molecule has 1 aromatic rings. The minimum Gasteiger partial charge on any atom is -0.480 e. The zero-order valence-corrected chi connectivity index (χ0v) is 11.6. The second-order valence-electron chi connectivity index (χ2n) is 5.68. The zero-order chi connectivity index (χ0) is 15.0. The summed E-state index contributed by atoms with van der Waals surface area (Å²) < 4.78 is 0. The number of carboxylic acid groups (broad SMARTS) is 1. The highest BCUT2D eigenvalue weighted by molar-refractivity contribution is 5.87. The number of carbonyl (C=O) groups is 2. The molecule has 5 nitrogen and oxygen atoms in total. The number of carboxylic acids is 1. The quantitative estimate of drug-likeness (QED) is 0.792. The van der Waals surface area contributed by atoms with Crippen LogP contribution in [-0.4, -0.2) is 34.0 Å². The first-order valence-corrected chi connectivity index (χ1v) is 7.10. The van der Waals surface area contributed by atoms with Gasteiger partial charge in [0, 0.05) is 19.0 Å². The predicted molar refractivity (Wildman–Crippen MR) is 77.3 cm³/mol. The van der Waals surface area contributed by atoms with Crippen molar-refractivity contribution >= 4 is 11.9 Å². The molecule has 1 aliphatic heterocycles. The molecule has 0 saturated heterocycles. The van der Waals surface area contributed by atoms with Gasteiger partial charge in [0.05, 0.1) is 5.92 Å². The van der Waals surface area contributed by atoms with Crippen LogP contribution >= 0.6 is 0 Å². The third-order valence-electron chi connectivity index (χ3n) is 4.25. The Kier molecular flexibility index (Phi) is 3.51. The van der Waals surface area contributed by atoms with E-state index >= 15 is 0 Å². The van der Waals surface area contributed by atoms with Gasteiger partial charge in [-0.25, -0.2) is 4.79 Å². The van der Waals surface area contributed by atoms with Crippen LogP contribution in [0.2, 0.25) is 0 Å². The first kappa shape index (κ1) is 13.8. The Morgan fingerprint density at radius 1 is 1.19 bits per heavy atom. The van der Waals surface area contributed by atoms with Crippen LogP contribution in [-0.2, 0) is 22.6 Å². The lowest BCUT2D eigenvalue weighted by molar-refractivity contribution is -0.152. The zero-order valence-electron chi connectivity index (χ0n) is 11.6. The first-order valence-electron chi connectivity index (χ1n) is 7.10. The van der Waals surface area contributed by atoms with Crippen molar-refractivity contribution in [3.63, 3.8) is 0 Å². The van der Waals surface area contributed by atoms with Crippen LogP contribution in [0.3, 0.4) is 0 Å². The number of fused-ring (bicyclic) bond motifs is 1. The summed E-state index contributed by atoms with van der Waals surface area (Å²) in [7, 11) is 0. The minimum atomic E-state index is -0.955. The highest BCUT2D eigenvalue weighted by Gasteiger charge is 2.37. The van der Waals surface area contributed by atoms with Crippen molar-refractivity contribution in [3.8, 4) is 0 Å². The molecule has 110 valence electrons. The maximum absolute atomic E-state index is 12.6. The molecule has 0 spiro atoms. The Morgan fingerprint density at radius 2 is 1.90 bits per heavy atom. The molecule has 2 unspecified atom stereocenters. The van der Waals surface area contributed by atoms with Crippen molar-refractivity contribution in [2.75, 3.05) is 0 Å². The topological polar surface area (TPSA) is 83.6 Å². The first-order chi connectivity index (χ1) is 10.1. The highest BCUT2D eigenvalue weighted by Crippen LogP contribution is 2.27. The fourth-order valence-electron chi connectivity index (χ4n) is 3.10. The van der Waals surface area contributed by atoms with Gasteiger partial charge in [-0.05, 0) is 17.5 Å². The molecule has 0 radical (unpaired) electrons. The van der Waals surface area contributed by atoms with Crippen molar-refractivity contribution in [3.05, 3.63) is 47.5 Å². The van der Waals surface area contributed by atoms with E-state index in [4.69, 9.17) is 5.73 Å². The average Bonchev–Trinajstić information content (AvgIpc) is 2.91. The molecule has 5 heteroatoms. The molecule has 0 fully saturated rings. The van der Waals surface area contributed by atoms with Gasteiger partial charge in [0.15, 0.2) is 0 Å². The Hall–Kier alpha value is -2.14. The average molecular weight is 286 g/mol. The summed E-state index contributed by atoms with van der Waals surface area (Å²) in [5.74, 6) is -1.39. The van der Waals surface area contributed by atoms with Gasteiger partial charge >= 0.3 is 5.97 Å². The highest BCUT2D eigenvalue weighted by atomic mass is 16.4. The van der Waals surface area contributed by atoms with Gasteiger partial charge in [-0.15, -0.1) is 0 Å². The Morgan fingerprint density at radius 3 is 2.52 bits per heavy atom. The lowest BCUT2D eigenvalue weighted by Gasteiger charge is -2.35. The Bertz CT molecular complexity index is 611. The molecule has 3 rings (SSSR count). The predicted octanol–water partition coefficient (Wildman–Crippen LogP) is 0.928. The maximum atomic E-state index is 12.6. The summed E-state index contributed by atoms with van der Waals surface area (Å²) in [5, 5.41) is 9.44. The summed E-state index contributed by atoms with van der Waals surface area (Å²) in [6.45, 7) is 0.353. The van der Waals surface area contributed by atoms with E-state index in [1.165, 1.54) is 4.90 Å². The fraction of sp³-hybridized carbons (Fsp3) is 0.375. The van der Waals surface area contributed by atoms with E-state index in [1.54, 1.807) is 6.08 Å². The van der Waals surface area contributed by atoms with Gasteiger partial charge in [-0.3, -0.25) is 4.79 Å². The van der Waals surface area contributed by atoms with Crippen LogP contribution in [0.5, 0.6) is 0 Å². The van der Waals surface area contributed by atoms with Crippen LogP contribution in [0.25, 0.3) is 0 Å². The molecular formula is C16H18N2O3. The number of rotatable bonds is 2. The number of aliphatic carboxylic acids is 1. The largest absolute Gasteiger partial charge is 0.480 e. The molecule has 2 aliphatic rings. The second kappa shape index (κ2) is 5.33. The third-order valence-corrected chi connectivity index (χ3v) is 4.25. The molecular weight excluding hydrogens is 268 g/mol. The van der Waals surface area contributed by atoms with Crippen LogP contribution < -0.4 is 5.73 Å². The van der Waals surface area contributed by atoms with Gasteiger partial charge in [0.2, 0.25) is 5.91 Å². The molecule has 0 aromatic heterocycles. The third kappa shape index (κ3) is 2.56. The maximum Gasteiger partial charge on any atom is 0.326 e. The number of amides is 1. The van der Waals surface area contributed by atoms with Crippen LogP contribution in [0.4, 0.5) is 0 Å². The van der Waals surface area contributed by atoms with E-state index in [0.717, 1.165) is 11.1 Å². The SMILES string of the molecule is NC1C=CC(C(=O)N2Cc3ccccc3C[C@@H]2C(=O)O)C1. The van der Waals surface area contributed by atoms with Gasteiger partial charge in [0.25, 0.3) is 0 Å². The van der Waals surface area contributed by atoms with E-state index in [-0.39, 0.29) is 17.9 Å². The van der Waals surface area contributed by atoms with Crippen LogP contribution in [0.1, 0.15) is 17.5 Å². The standard InChI is InChI=1S/C16H18N2O3/c17-13-6-5-11(7-13)15(19)18-9-12-4-2-1-3-10(12)8-14(18)16(20)21/h1-6,11,13-14H,7-9,17H2,(H,20,21)/t11?,13?,14-/m1/s1. The van der Waals surface area contributed by atoms with Crippen molar-refractivity contribution in [1.29, 1.82) is 0 Å². The van der Waals surface area contributed by atoms with E-state index < -0.39 is 12.0 Å². The van der Waals surface area contributed by atoms with E-state index in [0.29, 0.717) is 19.4 Å². The van der Waals surface area contributed by atoms with Gasteiger partial charge in [-0.2, -0.15) is 0 Å². The molecule has 21 heavy (non-hydrogen) atoms. The van der Waals surface area contributed by atoms with Crippen molar-refractivity contribution in [2.24, 2.45) is 11.7 Å². The van der Waals surface area contributed by atoms with Gasteiger partial charge in [0.1, 0.15) is 6.04 Å². The number of nitrogens with zero attached hydrogens (tertiary/aromatic N) is 1. The van der Waals surface area contributed by atoms with Gasteiger partial charge < -0.3 is 15.7 Å². The summed E-state index contributed by atoms with van der Waals surface area (Å²) in [5.41, 5.74) is 7.82. The van der Waals surface area contributed by atoms with Crippen LogP contribution in [0, 0.1) is 5.92 Å². The number of hydrogen-bond donors (Lipinski definition) is 2. The second-order valence-corrected chi connectivity index (χ2v) is 5.68. The molecule has 3 atom stereocenters. The number of hydrogen-bond acceptors (Lipinski definition) is 3. The van der Waals surface area contributed by atoms with Gasteiger partial charge in [-0.1, -0.05) is 36.4 Å². The lowest BCUT2D eigenvalue weighted by atomic mass is 9.92. The Labute approximate surface area is 123 Å². The van der Waals surface area contributed by atoms with Crippen molar-refractivity contribution in [2.45, 2.75) is 31.5 Å². The monoisotopic (exact) mass is 286 g/mol.